The average Bonchev–Trinajstić information content (AvgIpc) is 3.36. The molecule has 5 nitrogen and oxygen atoms in total. The van der Waals surface area contributed by atoms with E-state index in [1.165, 1.54) is 0 Å². The van der Waals surface area contributed by atoms with E-state index in [4.69, 9.17) is 32.7 Å². The Kier molecular flexibility index (Phi) is 5.79. The van der Waals surface area contributed by atoms with Crippen molar-refractivity contribution >= 4 is 46.0 Å². The van der Waals surface area contributed by atoms with Crippen LogP contribution in [0.3, 0.4) is 0 Å². The first-order chi connectivity index (χ1) is 17.4. The second-order valence-corrected chi connectivity index (χ2v) is 10.2. The quantitative estimate of drug-likeness (QED) is 0.278. The van der Waals surface area contributed by atoms with Gasteiger partial charge in [0.1, 0.15) is 18.2 Å². The van der Waals surface area contributed by atoms with Gasteiger partial charge in [-0.3, -0.25) is 9.69 Å². The summed E-state index contributed by atoms with van der Waals surface area (Å²) in [7, 11) is 2.00. The minimum atomic E-state index is -0.0942. The highest BCUT2D eigenvalue weighted by atomic mass is 35.5. The Balaban J connectivity index is 1.29. The maximum atomic E-state index is 13.4. The molecule has 2 aliphatic rings. The molecule has 0 spiro atoms. The average molecular weight is 519 g/mol. The number of benzene rings is 3. The zero-order valence-electron chi connectivity index (χ0n) is 20.0. The lowest BCUT2D eigenvalue weighted by molar-refractivity contribution is 0.0949. The molecule has 4 aromatic rings. The predicted octanol–water partition coefficient (Wildman–Crippen LogP) is 6.80. The molecule has 1 aromatic heterocycles. The summed E-state index contributed by atoms with van der Waals surface area (Å²) in [5.74, 6) is 1.62. The first kappa shape index (κ1) is 23.2. The number of aryl methyl sites for hydroxylation is 2. The van der Waals surface area contributed by atoms with Crippen molar-refractivity contribution in [2.24, 2.45) is 7.05 Å². The molecule has 0 fully saturated rings. The second kappa shape index (κ2) is 9.00. The number of hydrogen-bond acceptors (Lipinski definition) is 4. The largest absolute Gasteiger partial charge is 0.478 e. The molecule has 0 atom stereocenters. The molecule has 36 heavy (non-hydrogen) atoms. The van der Waals surface area contributed by atoms with Gasteiger partial charge in [0, 0.05) is 52.8 Å². The summed E-state index contributed by atoms with van der Waals surface area (Å²) in [5.41, 5.74) is 5.47. The maximum Gasteiger partial charge on any atom is 0.232 e. The summed E-state index contributed by atoms with van der Waals surface area (Å²) >= 11 is 12.4. The molecule has 0 amide bonds. The standard InChI is InChI=1S/C29H24Cl2N2O3/c1-17-11-25-22(15-33(16-35-25)10-9-18-7-8-20(30)13-23(18)31)29-27(17)28(34)26(36-29)12-19-14-32(2)24-6-4-3-5-21(19)24/h3-8,11-14H,9-10,15-16H2,1-2H3/b26-12+. The summed E-state index contributed by atoms with van der Waals surface area (Å²) < 4.78 is 14.4. The van der Waals surface area contributed by atoms with E-state index in [2.05, 4.69) is 21.6 Å². The number of carbonyl (C=O) groups excluding carboxylic acids is 1. The molecule has 7 heteroatoms. The molecule has 2 aliphatic heterocycles. The van der Waals surface area contributed by atoms with Crippen molar-refractivity contribution in [2.75, 3.05) is 13.3 Å². The monoisotopic (exact) mass is 518 g/mol. The third-order valence-corrected chi connectivity index (χ3v) is 7.50. The molecule has 0 radical (unpaired) electrons. The van der Waals surface area contributed by atoms with Gasteiger partial charge in [-0.15, -0.1) is 0 Å². The number of aromatic nitrogens is 1. The Labute approximate surface area is 219 Å². The fourth-order valence-electron chi connectivity index (χ4n) is 5.05. The first-order valence-electron chi connectivity index (χ1n) is 11.8. The summed E-state index contributed by atoms with van der Waals surface area (Å²) in [5, 5.41) is 2.36. The number of rotatable bonds is 4. The lowest BCUT2D eigenvalue weighted by Crippen LogP contribution is -2.34. The minimum absolute atomic E-state index is 0.0942. The molecule has 6 rings (SSSR count). The zero-order chi connectivity index (χ0) is 25.0. The molecular weight excluding hydrogens is 495 g/mol. The Hall–Kier alpha value is -3.25. The third-order valence-electron chi connectivity index (χ3n) is 6.91. The highest BCUT2D eigenvalue weighted by Gasteiger charge is 2.35. The fourth-order valence-corrected chi connectivity index (χ4v) is 5.55. The van der Waals surface area contributed by atoms with E-state index in [1.807, 2.05) is 56.6 Å². The Morgan fingerprint density at radius 1 is 1.11 bits per heavy atom. The molecule has 3 aromatic carbocycles. The van der Waals surface area contributed by atoms with Crippen LogP contribution in [0.2, 0.25) is 10.0 Å². The summed E-state index contributed by atoms with van der Waals surface area (Å²) in [6.45, 7) is 3.76. The molecule has 0 saturated carbocycles. The van der Waals surface area contributed by atoms with Crippen molar-refractivity contribution in [3.63, 3.8) is 0 Å². The lowest BCUT2D eigenvalue weighted by atomic mass is 9.98. The van der Waals surface area contributed by atoms with Gasteiger partial charge in [0.05, 0.1) is 11.1 Å². The Bertz CT molecular complexity index is 1570. The van der Waals surface area contributed by atoms with E-state index in [0.29, 0.717) is 40.4 Å². The molecule has 0 bridgehead atoms. The van der Waals surface area contributed by atoms with Gasteiger partial charge < -0.3 is 14.0 Å². The fraction of sp³-hybridized carbons (Fsp3) is 0.207. The summed E-state index contributed by atoms with van der Waals surface area (Å²) in [4.78, 5) is 15.6. The van der Waals surface area contributed by atoms with Gasteiger partial charge in [-0.1, -0.05) is 47.5 Å². The maximum absolute atomic E-state index is 13.4. The van der Waals surface area contributed by atoms with Crippen LogP contribution in [0.25, 0.3) is 17.0 Å². The van der Waals surface area contributed by atoms with Gasteiger partial charge in [-0.2, -0.15) is 0 Å². The lowest BCUT2D eigenvalue weighted by Gasteiger charge is -2.30. The van der Waals surface area contributed by atoms with Crippen molar-refractivity contribution in [3.8, 4) is 11.5 Å². The minimum Gasteiger partial charge on any atom is -0.478 e. The van der Waals surface area contributed by atoms with Crippen LogP contribution in [0.1, 0.15) is 32.6 Å². The number of nitrogens with zero attached hydrogens (tertiary/aromatic N) is 2. The number of fused-ring (bicyclic) bond motifs is 4. The predicted molar refractivity (Wildman–Crippen MR) is 143 cm³/mol. The van der Waals surface area contributed by atoms with Gasteiger partial charge >= 0.3 is 0 Å². The van der Waals surface area contributed by atoms with E-state index in [9.17, 15) is 4.79 Å². The number of para-hydroxylation sites is 1. The number of halogens is 2. The normalized spacial score (nSPS) is 16.2. The molecule has 3 heterocycles. The van der Waals surface area contributed by atoms with Crippen molar-refractivity contribution in [2.45, 2.75) is 19.9 Å². The van der Waals surface area contributed by atoms with Crippen LogP contribution in [0.4, 0.5) is 0 Å². The van der Waals surface area contributed by atoms with Crippen molar-refractivity contribution in [3.05, 3.63) is 98.3 Å². The highest BCUT2D eigenvalue weighted by Crippen LogP contribution is 2.44. The van der Waals surface area contributed by atoms with Crippen LogP contribution >= 0.6 is 23.2 Å². The third kappa shape index (κ3) is 3.97. The number of Topliss-reactive ketones (excluding diaryl/α,β-unsaturated/α-hetero) is 1. The topological polar surface area (TPSA) is 43.7 Å². The number of allylic oxidation sites excluding steroid dienone is 1. The molecule has 0 N–H and O–H groups in total. The SMILES string of the molecule is Cc1cc2c(c3c1C(=O)/C(=C\c1cn(C)c4ccccc14)O3)CN(CCc1ccc(Cl)cc1Cl)CO2. The van der Waals surface area contributed by atoms with Crippen molar-refractivity contribution in [1.82, 2.24) is 9.47 Å². The smallest absolute Gasteiger partial charge is 0.232 e. The Morgan fingerprint density at radius 3 is 2.78 bits per heavy atom. The van der Waals surface area contributed by atoms with Gasteiger partial charge in [0.25, 0.3) is 0 Å². The van der Waals surface area contributed by atoms with Crippen molar-refractivity contribution < 1.29 is 14.3 Å². The number of carbonyl (C=O) groups is 1. The number of hydrogen-bond donors (Lipinski definition) is 0. The zero-order valence-corrected chi connectivity index (χ0v) is 21.5. The van der Waals surface area contributed by atoms with E-state index >= 15 is 0 Å². The van der Waals surface area contributed by atoms with Gasteiger partial charge in [-0.25, -0.2) is 0 Å². The second-order valence-electron chi connectivity index (χ2n) is 9.34. The van der Waals surface area contributed by atoms with Crippen LogP contribution in [0.5, 0.6) is 11.5 Å². The van der Waals surface area contributed by atoms with Crippen LogP contribution in [0.15, 0.2) is 60.5 Å². The Morgan fingerprint density at radius 2 is 1.94 bits per heavy atom. The van der Waals surface area contributed by atoms with Crippen molar-refractivity contribution in [1.29, 1.82) is 0 Å². The summed E-state index contributed by atoms with van der Waals surface area (Å²) in [6, 6.07) is 15.6. The van der Waals surface area contributed by atoms with E-state index in [-0.39, 0.29) is 5.78 Å². The van der Waals surface area contributed by atoms with Gasteiger partial charge in [-0.05, 0) is 54.8 Å². The highest BCUT2D eigenvalue weighted by molar-refractivity contribution is 6.35. The van der Waals surface area contributed by atoms with Crippen LogP contribution < -0.4 is 9.47 Å². The molecule has 0 aliphatic carbocycles. The first-order valence-corrected chi connectivity index (χ1v) is 12.6. The van der Waals surface area contributed by atoms with E-state index in [0.717, 1.165) is 51.9 Å². The van der Waals surface area contributed by atoms with E-state index < -0.39 is 0 Å². The number of ketones is 1. The van der Waals surface area contributed by atoms with Crippen LogP contribution in [-0.2, 0) is 20.0 Å². The van der Waals surface area contributed by atoms with E-state index in [1.54, 1.807) is 6.07 Å². The molecule has 0 saturated heterocycles. The van der Waals surface area contributed by atoms with Crippen LogP contribution in [-0.4, -0.2) is 28.5 Å². The summed E-state index contributed by atoms with van der Waals surface area (Å²) in [6.07, 6.45) is 4.63. The van der Waals surface area contributed by atoms with Crippen LogP contribution in [0, 0.1) is 6.92 Å². The van der Waals surface area contributed by atoms with Gasteiger partial charge in [0.2, 0.25) is 5.78 Å². The molecule has 182 valence electrons. The molecular formula is C29H24Cl2N2O3. The van der Waals surface area contributed by atoms with Gasteiger partial charge in [0.15, 0.2) is 5.76 Å². The molecule has 0 unspecified atom stereocenters. The number of ether oxygens (including phenoxy) is 2.